The van der Waals surface area contributed by atoms with E-state index in [9.17, 15) is 25.2 Å². The average Bonchev–Trinajstić information content (AvgIpc) is 2.66. The van der Waals surface area contributed by atoms with Gasteiger partial charge >= 0.3 is 0 Å². The first-order valence-electron chi connectivity index (χ1n) is 8.57. The molecule has 2 aromatic rings. The number of carbonyl (C=O) groups is 1. The molecule has 148 valence electrons. The van der Waals surface area contributed by atoms with Gasteiger partial charge in [-0.3, -0.25) is 4.79 Å². The van der Waals surface area contributed by atoms with Gasteiger partial charge in [0.1, 0.15) is 18.1 Å². The molecule has 7 nitrogen and oxygen atoms in total. The number of ketones is 1. The molecule has 0 unspecified atom stereocenters. The number of Topliss-reactive ketones (excluding diaryl/α,β-unsaturated/α-hetero) is 1. The molecular weight excluding hydrogens is 364 g/mol. The second-order valence-electron chi connectivity index (χ2n) is 7.29. The fraction of sp³-hybridized carbons (Fsp3) is 0.286. The molecule has 0 amide bonds. The molecule has 1 aliphatic rings. The molecule has 0 fully saturated rings. The van der Waals surface area contributed by atoms with E-state index in [1.54, 1.807) is 19.9 Å². The van der Waals surface area contributed by atoms with Gasteiger partial charge in [-0.1, -0.05) is 19.9 Å². The summed E-state index contributed by atoms with van der Waals surface area (Å²) in [6.45, 7) is 6.88. The lowest BCUT2D eigenvalue weighted by atomic mass is 9.78. The van der Waals surface area contributed by atoms with Crippen molar-refractivity contribution < 1.29 is 34.7 Å². The minimum atomic E-state index is -2.25. The molecule has 2 aromatic carbocycles. The van der Waals surface area contributed by atoms with Crippen molar-refractivity contribution in [3.63, 3.8) is 0 Å². The third kappa shape index (κ3) is 2.75. The summed E-state index contributed by atoms with van der Waals surface area (Å²) in [7, 11) is 1.34. The maximum absolute atomic E-state index is 13.0. The highest BCUT2D eigenvalue weighted by Gasteiger charge is 2.47. The largest absolute Gasteiger partial charge is 0.508 e. The fourth-order valence-corrected chi connectivity index (χ4v) is 3.24. The van der Waals surface area contributed by atoms with Crippen LogP contribution in [0.25, 0.3) is 0 Å². The summed E-state index contributed by atoms with van der Waals surface area (Å²) in [5, 5.41) is 41.8. The van der Waals surface area contributed by atoms with Crippen molar-refractivity contribution in [3.05, 3.63) is 53.6 Å². The van der Waals surface area contributed by atoms with E-state index >= 15 is 0 Å². The molecule has 0 aromatic heterocycles. The molecule has 0 aliphatic carbocycles. The lowest BCUT2D eigenvalue weighted by Gasteiger charge is -2.34. The molecule has 0 saturated heterocycles. The maximum Gasteiger partial charge on any atom is 0.206 e. The van der Waals surface area contributed by atoms with Gasteiger partial charge in [0.05, 0.1) is 12.7 Å². The van der Waals surface area contributed by atoms with E-state index in [1.807, 2.05) is 0 Å². The van der Waals surface area contributed by atoms with Crippen LogP contribution in [0.3, 0.4) is 0 Å². The van der Waals surface area contributed by atoms with Gasteiger partial charge in [0, 0.05) is 22.6 Å². The second kappa shape index (κ2) is 6.45. The number of benzene rings is 2. The Hall–Kier alpha value is -3.19. The van der Waals surface area contributed by atoms with Gasteiger partial charge in [0.15, 0.2) is 17.1 Å². The number of methoxy groups -OCH3 is 1. The van der Waals surface area contributed by atoms with E-state index in [-0.39, 0.29) is 28.4 Å². The minimum absolute atomic E-state index is 0.0178. The molecule has 4 N–H and O–H groups in total. The number of phenols is 3. The van der Waals surface area contributed by atoms with Crippen LogP contribution in [0, 0.1) is 0 Å². The van der Waals surface area contributed by atoms with Crippen molar-refractivity contribution in [3.8, 4) is 28.7 Å². The Bertz CT molecular complexity index is 977. The number of aliphatic hydroxyl groups is 1. The molecule has 3 rings (SSSR count). The SMILES string of the molecule is C=CC(C)(C)c1cc([C@@]2(O)COc3cc(O)ccc3C2=O)c(O)c(O)c1OC. The third-order valence-corrected chi connectivity index (χ3v) is 5.10. The molecular formula is C21H22O7. The molecule has 0 spiro atoms. The normalized spacial score (nSPS) is 18.9. The van der Waals surface area contributed by atoms with Crippen molar-refractivity contribution in [2.24, 2.45) is 0 Å². The van der Waals surface area contributed by atoms with Gasteiger partial charge in [-0.05, 0) is 18.2 Å². The minimum Gasteiger partial charge on any atom is -0.508 e. The Morgan fingerprint density at radius 3 is 2.50 bits per heavy atom. The van der Waals surface area contributed by atoms with Crippen molar-refractivity contribution >= 4 is 5.78 Å². The molecule has 0 saturated carbocycles. The molecule has 1 atom stereocenters. The summed E-state index contributed by atoms with van der Waals surface area (Å²) in [6.07, 6.45) is 1.62. The zero-order valence-corrected chi connectivity index (χ0v) is 15.8. The zero-order valence-electron chi connectivity index (χ0n) is 15.8. The Morgan fingerprint density at radius 1 is 1.21 bits per heavy atom. The third-order valence-electron chi connectivity index (χ3n) is 5.10. The first kappa shape index (κ1) is 19.6. The molecule has 1 aliphatic heterocycles. The van der Waals surface area contributed by atoms with Crippen LogP contribution in [-0.4, -0.2) is 39.9 Å². The number of hydrogen-bond donors (Lipinski definition) is 4. The number of ether oxygens (including phenoxy) is 2. The van der Waals surface area contributed by atoms with E-state index in [2.05, 4.69) is 6.58 Å². The summed E-state index contributed by atoms with van der Waals surface area (Å²) in [5.74, 6) is -1.94. The molecule has 0 radical (unpaired) electrons. The van der Waals surface area contributed by atoms with Gasteiger partial charge in [-0.25, -0.2) is 0 Å². The van der Waals surface area contributed by atoms with E-state index in [0.717, 1.165) is 0 Å². The predicted octanol–water partition coefficient (Wildman–Crippen LogP) is 2.74. The zero-order chi connectivity index (χ0) is 20.9. The number of rotatable bonds is 4. The van der Waals surface area contributed by atoms with Gasteiger partial charge < -0.3 is 29.9 Å². The van der Waals surface area contributed by atoms with Gasteiger partial charge in [-0.2, -0.15) is 0 Å². The van der Waals surface area contributed by atoms with Crippen molar-refractivity contribution in [2.45, 2.75) is 24.9 Å². The average molecular weight is 386 g/mol. The smallest absolute Gasteiger partial charge is 0.206 e. The monoisotopic (exact) mass is 386 g/mol. The summed E-state index contributed by atoms with van der Waals surface area (Å²) < 4.78 is 10.7. The first-order chi connectivity index (χ1) is 13.1. The number of allylic oxidation sites excluding steroid dienone is 1. The number of fused-ring (bicyclic) bond motifs is 1. The first-order valence-corrected chi connectivity index (χ1v) is 8.57. The van der Waals surface area contributed by atoms with Crippen LogP contribution in [0.5, 0.6) is 28.7 Å². The van der Waals surface area contributed by atoms with Gasteiger partial charge in [-0.15, -0.1) is 6.58 Å². The summed E-state index contributed by atoms with van der Waals surface area (Å²) >= 11 is 0. The number of phenolic OH excluding ortho intramolecular Hbond substituents is 3. The van der Waals surface area contributed by atoms with Crippen LogP contribution < -0.4 is 9.47 Å². The topological polar surface area (TPSA) is 116 Å². The Morgan fingerprint density at radius 2 is 1.89 bits per heavy atom. The highest BCUT2D eigenvalue weighted by molar-refractivity contribution is 6.06. The van der Waals surface area contributed by atoms with Crippen LogP contribution in [0.15, 0.2) is 36.9 Å². The Kier molecular flexibility index (Phi) is 4.51. The lowest BCUT2D eigenvalue weighted by Crippen LogP contribution is -2.45. The number of carbonyl (C=O) groups excluding carboxylic acids is 1. The Labute approximate surface area is 162 Å². The van der Waals surface area contributed by atoms with E-state index in [1.165, 1.54) is 31.4 Å². The van der Waals surface area contributed by atoms with Crippen LogP contribution in [0.2, 0.25) is 0 Å². The predicted molar refractivity (Wildman–Crippen MR) is 101 cm³/mol. The number of aromatic hydroxyl groups is 3. The van der Waals surface area contributed by atoms with Crippen molar-refractivity contribution in [1.82, 2.24) is 0 Å². The van der Waals surface area contributed by atoms with Gasteiger partial charge in [0.2, 0.25) is 11.5 Å². The highest BCUT2D eigenvalue weighted by atomic mass is 16.5. The highest BCUT2D eigenvalue weighted by Crippen LogP contribution is 2.50. The molecule has 0 bridgehead atoms. The quantitative estimate of drug-likeness (QED) is 0.471. The number of hydrogen-bond acceptors (Lipinski definition) is 7. The van der Waals surface area contributed by atoms with Crippen LogP contribution >= 0.6 is 0 Å². The molecule has 28 heavy (non-hydrogen) atoms. The summed E-state index contributed by atoms with van der Waals surface area (Å²) in [6, 6.07) is 5.29. The molecule has 1 heterocycles. The standard InChI is InChI=1S/C21H22O7/c1-5-20(2,3)14-9-13(16(23)17(24)18(14)27-4)21(26)10-28-15-8-11(22)6-7-12(15)19(21)25/h5-9,22-24,26H,1,10H2,2-4H3/t21-/m0/s1. The van der Waals surface area contributed by atoms with Gasteiger partial charge in [0.25, 0.3) is 0 Å². The van der Waals surface area contributed by atoms with Crippen LogP contribution in [-0.2, 0) is 11.0 Å². The Balaban J connectivity index is 2.25. The van der Waals surface area contributed by atoms with Crippen molar-refractivity contribution in [2.75, 3.05) is 13.7 Å². The van der Waals surface area contributed by atoms with Crippen LogP contribution in [0.1, 0.15) is 35.3 Å². The van der Waals surface area contributed by atoms with E-state index < -0.39 is 34.9 Å². The van der Waals surface area contributed by atoms with Crippen molar-refractivity contribution in [1.29, 1.82) is 0 Å². The van der Waals surface area contributed by atoms with E-state index in [4.69, 9.17) is 9.47 Å². The summed E-state index contributed by atoms with van der Waals surface area (Å²) in [5.41, 5.74) is -2.69. The van der Waals surface area contributed by atoms with E-state index in [0.29, 0.717) is 5.56 Å². The fourth-order valence-electron chi connectivity index (χ4n) is 3.24. The van der Waals surface area contributed by atoms with Crippen LogP contribution in [0.4, 0.5) is 0 Å². The lowest BCUT2D eigenvalue weighted by molar-refractivity contribution is -0.00657. The summed E-state index contributed by atoms with van der Waals surface area (Å²) in [4.78, 5) is 13.0. The maximum atomic E-state index is 13.0. The molecule has 7 heteroatoms. The second-order valence-corrected chi connectivity index (χ2v) is 7.29.